The number of carbonyl (C=O) groups is 1. The van der Waals surface area contributed by atoms with E-state index in [1.165, 1.54) is 11.1 Å². The van der Waals surface area contributed by atoms with Crippen LogP contribution in [0.5, 0.6) is 5.75 Å². The van der Waals surface area contributed by atoms with Gasteiger partial charge in [0.05, 0.1) is 5.56 Å². The highest BCUT2D eigenvalue weighted by molar-refractivity contribution is 5.87. The first-order chi connectivity index (χ1) is 10.6. The van der Waals surface area contributed by atoms with Crippen LogP contribution in [0.1, 0.15) is 27.0 Å². The fourth-order valence-corrected chi connectivity index (χ4v) is 2.75. The molecule has 0 fully saturated rings. The molecule has 0 aromatic heterocycles. The molecular formula is C18H19NO3. The average Bonchev–Trinajstić information content (AvgIpc) is 2.53. The van der Waals surface area contributed by atoms with E-state index in [-0.39, 0.29) is 6.04 Å². The molecule has 114 valence electrons. The van der Waals surface area contributed by atoms with Crippen LogP contribution in [-0.2, 0) is 13.0 Å². The summed E-state index contributed by atoms with van der Waals surface area (Å²) >= 11 is 0. The van der Waals surface area contributed by atoms with E-state index in [4.69, 9.17) is 9.84 Å². The summed E-state index contributed by atoms with van der Waals surface area (Å²) in [7, 11) is 0. The third-order valence-corrected chi connectivity index (χ3v) is 3.98. The minimum Gasteiger partial charge on any atom is -0.491 e. The maximum atomic E-state index is 10.8. The molecule has 0 radical (unpaired) electrons. The highest BCUT2D eigenvalue weighted by Gasteiger charge is 2.20. The summed E-state index contributed by atoms with van der Waals surface area (Å²) in [5.41, 5.74) is 3.80. The number of hydrogen-bond acceptors (Lipinski definition) is 3. The lowest BCUT2D eigenvalue weighted by Crippen LogP contribution is -2.39. The van der Waals surface area contributed by atoms with Crippen molar-refractivity contribution in [2.24, 2.45) is 0 Å². The maximum Gasteiger partial charge on any atom is 0.335 e. The SMILES string of the molecule is Cc1cccc2c1OCC(NCc1ccc(C(=O)O)cc1)C2. The topological polar surface area (TPSA) is 58.6 Å². The maximum absolute atomic E-state index is 10.8. The van der Waals surface area contributed by atoms with Gasteiger partial charge in [-0.3, -0.25) is 0 Å². The van der Waals surface area contributed by atoms with Crippen molar-refractivity contribution in [1.82, 2.24) is 5.32 Å². The van der Waals surface area contributed by atoms with E-state index in [2.05, 4.69) is 30.4 Å². The van der Waals surface area contributed by atoms with Crippen molar-refractivity contribution in [3.8, 4) is 5.75 Å². The van der Waals surface area contributed by atoms with Crippen molar-refractivity contribution in [1.29, 1.82) is 0 Å². The third kappa shape index (κ3) is 3.12. The number of aromatic carboxylic acids is 1. The number of para-hydroxylation sites is 1. The number of hydrogen-bond donors (Lipinski definition) is 2. The van der Waals surface area contributed by atoms with Crippen LogP contribution in [0.2, 0.25) is 0 Å². The number of carboxylic acids is 1. The standard InChI is InChI=1S/C18H19NO3/c1-12-3-2-4-15-9-16(11-22-17(12)15)19-10-13-5-7-14(8-6-13)18(20)21/h2-8,16,19H,9-11H2,1H3,(H,20,21). The molecule has 1 atom stereocenters. The van der Waals surface area contributed by atoms with Gasteiger partial charge in [-0.2, -0.15) is 0 Å². The lowest BCUT2D eigenvalue weighted by atomic mass is 10.00. The fraction of sp³-hybridized carbons (Fsp3) is 0.278. The van der Waals surface area contributed by atoms with E-state index in [0.29, 0.717) is 18.7 Å². The van der Waals surface area contributed by atoms with E-state index in [1.807, 2.05) is 12.1 Å². The molecule has 1 heterocycles. The Morgan fingerprint density at radius 3 is 2.77 bits per heavy atom. The first kappa shape index (κ1) is 14.6. The molecule has 0 aliphatic carbocycles. The summed E-state index contributed by atoms with van der Waals surface area (Å²) in [5.74, 6) is 0.124. The molecule has 4 nitrogen and oxygen atoms in total. The Bertz CT molecular complexity index is 679. The molecule has 3 rings (SSSR count). The number of carboxylic acid groups (broad SMARTS) is 1. The van der Waals surface area contributed by atoms with Gasteiger partial charge in [0.25, 0.3) is 0 Å². The Hall–Kier alpha value is -2.33. The van der Waals surface area contributed by atoms with Crippen LogP contribution < -0.4 is 10.1 Å². The molecule has 0 saturated carbocycles. The summed E-state index contributed by atoms with van der Waals surface area (Å²) in [5, 5.41) is 12.4. The van der Waals surface area contributed by atoms with E-state index in [1.54, 1.807) is 12.1 Å². The predicted molar refractivity (Wildman–Crippen MR) is 84.4 cm³/mol. The number of rotatable bonds is 4. The van der Waals surface area contributed by atoms with Gasteiger partial charge in [0.1, 0.15) is 12.4 Å². The van der Waals surface area contributed by atoms with Crippen LogP contribution in [0.3, 0.4) is 0 Å². The first-order valence-electron chi connectivity index (χ1n) is 7.40. The van der Waals surface area contributed by atoms with Crippen molar-refractivity contribution in [2.75, 3.05) is 6.61 Å². The van der Waals surface area contributed by atoms with Crippen LogP contribution in [0.4, 0.5) is 0 Å². The number of fused-ring (bicyclic) bond motifs is 1. The summed E-state index contributed by atoms with van der Waals surface area (Å²) in [6, 6.07) is 13.5. The smallest absolute Gasteiger partial charge is 0.335 e. The average molecular weight is 297 g/mol. The number of nitrogens with one attached hydrogen (secondary N) is 1. The molecule has 0 spiro atoms. The summed E-state index contributed by atoms with van der Waals surface area (Å²) in [4.78, 5) is 10.8. The molecule has 22 heavy (non-hydrogen) atoms. The van der Waals surface area contributed by atoms with Gasteiger partial charge >= 0.3 is 5.97 Å². The van der Waals surface area contributed by atoms with Crippen LogP contribution in [0.25, 0.3) is 0 Å². The van der Waals surface area contributed by atoms with Crippen molar-refractivity contribution >= 4 is 5.97 Å². The van der Waals surface area contributed by atoms with Gasteiger partial charge < -0.3 is 15.2 Å². The van der Waals surface area contributed by atoms with Crippen LogP contribution in [0.15, 0.2) is 42.5 Å². The van der Waals surface area contributed by atoms with E-state index >= 15 is 0 Å². The molecule has 0 saturated heterocycles. The quantitative estimate of drug-likeness (QED) is 0.911. The lowest BCUT2D eigenvalue weighted by Gasteiger charge is -2.27. The molecule has 1 aliphatic rings. The summed E-state index contributed by atoms with van der Waals surface area (Å²) < 4.78 is 5.87. The van der Waals surface area contributed by atoms with Gasteiger partial charge in [0, 0.05) is 12.6 Å². The van der Waals surface area contributed by atoms with Gasteiger partial charge in [0.2, 0.25) is 0 Å². The van der Waals surface area contributed by atoms with Crippen LogP contribution >= 0.6 is 0 Å². The second-order valence-corrected chi connectivity index (χ2v) is 5.66. The molecular weight excluding hydrogens is 278 g/mol. The highest BCUT2D eigenvalue weighted by atomic mass is 16.5. The van der Waals surface area contributed by atoms with Crippen molar-refractivity contribution in [3.05, 3.63) is 64.7 Å². The zero-order valence-electron chi connectivity index (χ0n) is 12.5. The molecule has 4 heteroatoms. The summed E-state index contributed by atoms with van der Waals surface area (Å²) in [6.07, 6.45) is 0.949. The minimum absolute atomic E-state index is 0.272. The Balaban J connectivity index is 1.60. The van der Waals surface area contributed by atoms with Crippen molar-refractivity contribution in [2.45, 2.75) is 25.9 Å². The molecule has 2 aromatic rings. The number of benzene rings is 2. The van der Waals surface area contributed by atoms with E-state index in [0.717, 1.165) is 17.7 Å². The molecule has 0 bridgehead atoms. The van der Waals surface area contributed by atoms with Gasteiger partial charge in [-0.25, -0.2) is 4.79 Å². The summed E-state index contributed by atoms with van der Waals surface area (Å²) in [6.45, 7) is 3.43. The number of aryl methyl sites for hydroxylation is 1. The highest BCUT2D eigenvalue weighted by Crippen LogP contribution is 2.28. The third-order valence-electron chi connectivity index (χ3n) is 3.98. The minimum atomic E-state index is -0.896. The number of ether oxygens (including phenoxy) is 1. The Kier molecular flexibility index (Phi) is 4.11. The van der Waals surface area contributed by atoms with Gasteiger partial charge in [-0.05, 0) is 42.2 Å². The van der Waals surface area contributed by atoms with Gasteiger partial charge in [-0.15, -0.1) is 0 Å². The zero-order chi connectivity index (χ0) is 15.5. The zero-order valence-corrected chi connectivity index (χ0v) is 12.5. The van der Waals surface area contributed by atoms with Crippen LogP contribution in [0, 0.1) is 6.92 Å². The fourth-order valence-electron chi connectivity index (χ4n) is 2.75. The second kappa shape index (κ2) is 6.20. The lowest BCUT2D eigenvalue weighted by molar-refractivity contribution is 0.0697. The van der Waals surface area contributed by atoms with E-state index in [9.17, 15) is 4.79 Å². The molecule has 1 aliphatic heterocycles. The molecule has 2 N–H and O–H groups in total. The van der Waals surface area contributed by atoms with Gasteiger partial charge in [-0.1, -0.05) is 30.3 Å². The Morgan fingerprint density at radius 2 is 2.05 bits per heavy atom. The molecule has 1 unspecified atom stereocenters. The van der Waals surface area contributed by atoms with Crippen molar-refractivity contribution in [3.63, 3.8) is 0 Å². The van der Waals surface area contributed by atoms with Crippen LogP contribution in [-0.4, -0.2) is 23.7 Å². The normalized spacial score (nSPS) is 16.7. The predicted octanol–water partition coefficient (Wildman–Crippen LogP) is 2.79. The first-order valence-corrected chi connectivity index (χ1v) is 7.40. The Labute approximate surface area is 129 Å². The van der Waals surface area contributed by atoms with E-state index < -0.39 is 5.97 Å². The largest absolute Gasteiger partial charge is 0.491 e. The van der Waals surface area contributed by atoms with Crippen molar-refractivity contribution < 1.29 is 14.6 Å². The Morgan fingerprint density at radius 1 is 1.27 bits per heavy atom. The molecule has 0 amide bonds. The molecule has 2 aromatic carbocycles. The van der Waals surface area contributed by atoms with Gasteiger partial charge in [0.15, 0.2) is 0 Å². The monoisotopic (exact) mass is 297 g/mol. The second-order valence-electron chi connectivity index (χ2n) is 5.66.